The van der Waals surface area contributed by atoms with Gasteiger partial charge in [-0.25, -0.2) is 0 Å². The van der Waals surface area contributed by atoms with Gasteiger partial charge in [0.15, 0.2) is 0 Å². The van der Waals surface area contributed by atoms with Crippen molar-refractivity contribution < 1.29 is 9.53 Å². The first-order valence-corrected chi connectivity index (χ1v) is 15.8. The first-order valence-electron chi connectivity index (χ1n) is 15.0. The second kappa shape index (κ2) is 12.4. The van der Waals surface area contributed by atoms with E-state index >= 15 is 0 Å². The number of nitrogens with one attached hydrogen (secondary N) is 1. The molecule has 214 valence electrons. The zero-order valence-electron chi connectivity index (χ0n) is 24.5. The van der Waals surface area contributed by atoms with Gasteiger partial charge in [0.1, 0.15) is 11.9 Å². The van der Waals surface area contributed by atoms with Crippen molar-refractivity contribution in [2.75, 3.05) is 33.2 Å². The molecule has 0 radical (unpaired) electrons. The van der Waals surface area contributed by atoms with Crippen molar-refractivity contribution in [3.63, 3.8) is 0 Å². The van der Waals surface area contributed by atoms with E-state index in [1.807, 2.05) is 11.9 Å². The second-order valence-electron chi connectivity index (χ2n) is 11.8. The number of piperidine rings is 2. The molecule has 1 amide bonds. The Morgan fingerprint density at radius 3 is 2.39 bits per heavy atom. The van der Waals surface area contributed by atoms with Gasteiger partial charge in [0.2, 0.25) is 0 Å². The molecule has 6 rings (SSSR count). The normalized spacial score (nSPS) is 17.1. The van der Waals surface area contributed by atoms with E-state index in [2.05, 4.69) is 90.8 Å². The molecule has 2 saturated heterocycles. The van der Waals surface area contributed by atoms with Crippen LogP contribution in [-0.2, 0) is 6.54 Å². The molecule has 4 aromatic rings. The molecular formula is C35H41N3O2S. The van der Waals surface area contributed by atoms with Gasteiger partial charge in [-0.3, -0.25) is 9.69 Å². The standard InChI is InChI=1S/C35H41N3O2S/c1-24-4-7-27(8-5-24)28-9-10-29-22-34(41-33(29)21-28)35(39)37(3)30-14-18-38(19-15-30)23-26-6-11-32(25(2)20-26)40-31-12-16-36-17-13-31/h4-11,20-22,30-31,36H,12-19,23H2,1-3H3. The van der Waals surface area contributed by atoms with Crippen molar-refractivity contribution in [3.8, 4) is 16.9 Å². The summed E-state index contributed by atoms with van der Waals surface area (Å²) in [4.78, 5) is 18.8. The number of fused-ring (bicyclic) bond motifs is 1. The number of hydrogen-bond donors (Lipinski definition) is 1. The topological polar surface area (TPSA) is 44.8 Å². The third-order valence-electron chi connectivity index (χ3n) is 8.77. The number of rotatable bonds is 7. The van der Waals surface area contributed by atoms with Crippen molar-refractivity contribution in [3.05, 3.63) is 88.3 Å². The Morgan fingerprint density at radius 1 is 0.927 bits per heavy atom. The Balaban J connectivity index is 1.04. The van der Waals surface area contributed by atoms with Crippen molar-refractivity contribution in [2.24, 2.45) is 0 Å². The lowest BCUT2D eigenvalue weighted by atomic mass is 10.0. The van der Waals surface area contributed by atoms with Gasteiger partial charge in [-0.1, -0.05) is 54.1 Å². The van der Waals surface area contributed by atoms with Crippen LogP contribution in [-0.4, -0.2) is 61.1 Å². The van der Waals surface area contributed by atoms with Crippen LogP contribution in [0.3, 0.4) is 0 Å². The number of thiophene rings is 1. The number of amides is 1. The summed E-state index contributed by atoms with van der Waals surface area (Å²) < 4.78 is 7.45. The average Bonchev–Trinajstić information content (AvgIpc) is 3.43. The predicted molar refractivity (Wildman–Crippen MR) is 170 cm³/mol. The maximum Gasteiger partial charge on any atom is 0.263 e. The van der Waals surface area contributed by atoms with E-state index in [1.54, 1.807) is 11.3 Å². The number of benzene rings is 3. The van der Waals surface area contributed by atoms with E-state index in [-0.39, 0.29) is 11.9 Å². The quantitative estimate of drug-likeness (QED) is 0.260. The third-order valence-corrected chi connectivity index (χ3v) is 9.85. The lowest BCUT2D eigenvalue weighted by Gasteiger charge is -2.36. The van der Waals surface area contributed by atoms with Gasteiger partial charge < -0.3 is 15.0 Å². The van der Waals surface area contributed by atoms with E-state index in [9.17, 15) is 4.79 Å². The minimum absolute atomic E-state index is 0.140. The molecule has 3 aromatic carbocycles. The SMILES string of the molecule is Cc1ccc(-c2ccc3cc(C(=O)N(C)C4CCN(Cc5ccc(OC6CCNCC6)c(C)c5)CC4)sc3c2)cc1. The molecule has 2 aliphatic heterocycles. The van der Waals surface area contributed by atoms with Gasteiger partial charge in [-0.15, -0.1) is 11.3 Å². The molecule has 3 heterocycles. The van der Waals surface area contributed by atoms with Crippen LogP contribution in [0.15, 0.2) is 66.7 Å². The van der Waals surface area contributed by atoms with Crippen molar-refractivity contribution >= 4 is 27.3 Å². The molecule has 0 bridgehead atoms. The fourth-order valence-electron chi connectivity index (χ4n) is 6.16. The molecule has 1 aromatic heterocycles. The number of aryl methyl sites for hydroxylation is 2. The van der Waals surface area contributed by atoms with Crippen molar-refractivity contribution in [1.29, 1.82) is 0 Å². The molecule has 6 heteroatoms. The smallest absolute Gasteiger partial charge is 0.263 e. The zero-order chi connectivity index (χ0) is 28.3. The molecular weight excluding hydrogens is 526 g/mol. The van der Waals surface area contributed by atoms with Crippen molar-refractivity contribution in [1.82, 2.24) is 15.1 Å². The molecule has 1 N–H and O–H groups in total. The van der Waals surface area contributed by atoms with Crippen LogP contribution in [0, 0.1) is 13.8 Å². The summed E-state index contributed by atoms with van der Waals surface area (Å²) in [6.45, 7) is 9.29. The molecule has 0 unspecified atom stereocenters. The largest absolute Gasteiger partial charge is 0.490 e. The lowest BCUT2D eigenvalue weighted by molar-refractivity contribution is 0.0641. The molecule has 2 aliphatic rings. The Morgan fingerprint density at radius 2 is 1.66 bits per heavy atom. The molecule has 41 heavy (non-hydrogen) atoms. The summed E-state index contributed by atoms with van der Waals surface area (Å²) in [5.41, 5.74) is 6.21. The Hall–Kier alpha value is -3.19. The molecule has 0 atom stereocenters. The zero-order valence-corrected chi connectivity index (χ0v) is 25.3. The van der Waals surface area contributed by atoms with Crippen LogP contribution in [0.2, 0.25) is 0 Å². The van der Waals surface area contributed by atoms with Crippen LogP contribution < -0.4 is 10.1 Å². The molecule has 0 saturated carbocycles. The van der Waals surface area contributed by atoms with Gasteiger partial charge in [-0.05, 0) is 98.5 Å². The molecule has 2 fully saturated rings. The number of carbonyl (C=O) groups is 1. The predicted octanol–water partition coefficient (Wildman–Crippen LogP) is 7.05. The summed E-state index contributed by atoms with van der Waals surface area (Å²) in [5.74, 6) is 1.16. The lowest BCUT2D eigenvalue weighted by Crippen LogP contribution is -2.45. The van der Waals surface area contributed by atoms with Crippen molar-refractivity contribution in [2.45, 2.75) is 58.2 Å². The fraction of sp³-hybridized carbons (Fsp3) is 0.400. The fourth-order valence-corrected chi connectivity index (χ4v) is 7.24. The Labute approximate surface area is 248 Å². The van der Waals surface area contributed by atoms with E-state index in [4.69, 9.17) is 4.74 Å². The highest BCUT2D eigenvalue weighted by atomic mass is 32.1. The van der Waals surface area contributed by atoms with Crippen LogP contribution >= 0.6 is 11.3 Å². The van der Waals surface area contributed by atoms with Crippen LogP contribution in [0.1, 0.15) is 52.0 Å². The minimum Gasteiger partial charge on any atom is -0.490 e. The monoisotopic (exact) mass is 567 g/mol. The first-order chi connectivity index (χ1) is 19.9. The summed E-state index contributed by atoms with van der Waals surface area (Å²) in [5, 5.41) is 4.54. The maximum absolute atomic E-state index is 13.5. The summed E-state index contributed by atoms with van der Waals surface area (Å²) in [6, 6.07) is 24.1. The highest BCUT2D eigenvalue weighted by Crippen LogP contribution is 2.32. The molecule has 5 nitrogen and oxygen atoms in total. The van der Waals surface area contributed by atoms with Gasteiger partial charge in [0, 0.05) is 37.4 Å². The highest BCUT2D eigenvalue weighted by molar-refractivity contribution is 7.20. The van der Waals surface area contributed by atoms with Gasteiger partial charge >= 0.3 is 0 Å². The summed E-state index contributed by atoms with van der Waals surface area (Å²) in [6.07, 6.45) is 4.47. The second-order valence-corrected chi connectivity index (χ2v) is 12.9. The minimum atomic E-state index is 0.140. The number of likely N-dealkylation sites (tertiary alicyclic amines) is 1. The van der Waals surface area contributed by atoms with E-state index < -0.39 is 0 Å². The average molecular weight is 568 g/mol. The third kappa shape index (κ3) is 6.50. The van der Waals surface area contributed by atoms with Crippen LogP contribution in [0.25, 0.3) is 21.2 Å². The van der Waals surface area contributed by atoms with Gasteiger partial charge in [0.05, 0.1) is 4.88 Å². The number of hydrogen-bond acceptors (Lipinski definition) is 5. The van der Waals surface area contributed by atoms with E-state index in [0.717, 1.165) is 79.1 Å². The Kier molecular flexibility index (Phi) is 8.42. The number of ether oxygens (including phenoxy) is 1. The number of carbonyl (C=O) groups excluding carboxylic acids is 1. The Bertz CT molecular complexity index is 1500. The van der Waals surface area contributed by atoms with Gasteiger partial charge in [-0.2, -0.15) is 0 Å². The van der Waals surface area contributed by atoms with Crippen LogP contribution in [0.5, 0.6) is 5.75 Å². The molecule has 0 spiro atoms. The number of nitrogens with zero attached hydrogens (tertiary/aromatic N) is 2. The maximum atomic E-state index is 13.5. The first kappa shape index (κ1) is 28.0. The van der Waals surface area contributed by atoms with E-state index in [1.165, 1.54) is 27.8 Å². The van der Waals surface area contributed by atoms with Gasteiger partial charge in [0.25, 0.3) is 5.91 Å². The summed E-state index contributed by atoms with van der Waals surface area (Å²) in [7, 11) is 1.98. The highest BCUT2D eigenvalue weighted by Gasteiger charge is 2.27. The van der Waals surface area contributed by atoms with E-state index in [0.29, 0.717) is 6.10 Å². The van der Waals surface area contributed by atoms with Crippen LogP contribution in [0.4, 0.5) is 0 Å². The summed E-state index contributed by atoms with van der Waals surface area (Å²) >= 11 is 1.61. The molecule has 0 aliphatic carbocycles.